The van der Waals surface area contributed by atoms with Gasteiger partial charge in [-0.1, -0.05) is 11.3 Å². The summed E-state index contributed by atoms with van der Waals surface area (Å²) in [7, 11) is 1.41. The number of carboxylic acid groups (broad SMARTS) is 1. The summed E-state index contributed by atoms with van der Waals surface area (Å²) in [5, 5.41) is 9.41. The average Bonchev–Trinajstić information content (AvgIpc) is 2.83. The van der Waals surface area contributed by atoms with E-state index < -0.39 is 18.1 Å². The summed E-state index contributed by atoms with van der Waals surface area (Å²) in [6.07, 6.45) is -3.73. The number of anilines is 1. The molecule has 1 aromatic heterocycles. The minimum absolute atomic E-state index is 0.0148. The highest BCUT2D eigenvalue weighted by atomic mass is 32.1. The van der Waals surface area contributed by atoms with Crippen molar-refractivity contribution in [2.45, 2.75) is 25.6 Å². The number of methoxy groups -OCH3 is 1. The van der Waals surface area contributed by atoms with Gasteiger partial charge in [-0.2, -0.15) is 13.2 Å². The van der Waals surface area contributed by atoms with Crippen molar-refractivity contribution in [3.05, 3.63) is 10.6 Å². The van der Waals surface area contributed by atoms with Crippen LogP contribution in [0.25, 0.3) is 0 Å². The highest BCUT2D eigenvalue weighted by Gasteiger charge is 2.42. The van der Waals surface area contributed by atoms with Crippen molar-refractivity contribution in [1.82, 2.24) is 4.98 Å². The molecule has 1 unspecified atom stereocenters. The van der Waals surface area contributed by atoms with E-state index in [1.54, 1.807) is 0 Å². The molecule has 0 aliphatic carbocycles. The van der Waals surface area contributed by atoms with Gasteiger partial charge in [-0.15, -0.1) is 0 Å². The van der Waals surface area contributed by atoms with Gasteiger partial charge in [0.2, 0.25) is 0 Å². The Morgan fingerprint density at radius 1 is 1.57 bits per heavy atom. The van der Waals surface area contributed by atoms with Crippen LogP contribution < -0.4 is 4.90 Å². The van der Waals surface area contributed by atoms with E-state index in [9.17, 15) is 18.0 Å². The van der Waals surface area contributed by atoms with Gasteiger partial charge in [-0.05, 0) is 12.8 Å². The number of carboxylic acids is 1. The zero-order valence-corrected chi connectivity index (χ0v) is 12.1. The van der Waals surface area contributed by atoms with E-state index in [0.29, 0.717) is 18.1 Å². The fraction of sp³-hybridized carbons (Fsp3) is 0.667. The number of aromatic nitrogens is 1. The van der Waals surface area contributed by atoms with Crippen LogP contribution in [0.3, 0.4) is 0 Å². The summed E-state index contributed by atoms with van der Waals surface area (Å²) in [5.74, 6) is -2.54. The molecular formula is C12H15F3N2O3S. The molecule has 5 nitrogen and oxygen atoms in total. The maximum absolute atomic E-state index is 12.8. The largest absolute Gasteiger partial charge is 0.477 e. The van der Waals surface area contributed by atoms with Gasteiger partial charge in [0.15, 0.2) is 5.13 Å². The fourth-order valence-electron chi connectivity index (χ4n) is 2.29. The van der Waals surface area contributed by atoms with Crippen molar-refractivity contribution >= 4 is 22.4 Å². The zero-order chi connectivity index (χ0) is 15.6. The first-order valence-corrected chi connectivity index (χ1v) is 7.18. The Morgan fingerprint density at radius 3 is 2.86 bits per heavy atom. The SMILES string of the molecule is COCc1nc(N2CCCC(C(F)(F)F)C2)sc1C(=O)O. The number of hydrogen-bond acceptors (Lipinski definition) is 5. The Hall–Kier alpha value is -1.35. The molecule has 0 amide bonds. The van der Waals surface area contributed by atoms with Crippen LogP contribution >= 0.6 is 11.3 Å². The molecule has 1 aliphatic heterocycles. The maximum atomic E-state index is 12.8. The van der Waals surface area contributed by atoms with Crippen molar-refractivity contribution in [2.24, 2.45) is 5.92 Å². The van der Waals surface area contributed by atoms with Crippen molar-refractivity contribution in [2.75, 3.05) is 25.1 Å². The van der Waals surface area contributed by atoms with E-state index in [2.05, 4.69) is 4.98 Å². The topological polar surface area (TPSA) is 62.7 Å². The average molecular weight is 324 g/mol. The molecule has 0 radical (unpaired) electrons. The normalized spacial score (nSPS) is 19.8. The van der Waals surface area contributed by atoms with Crippen LogP contribution in [0.5, 0.6) is 0 Å². The summed E-state index contributed by atoms with van der Waals surface area (Å²) >= 11 is 0.895. The fourth-order valence-corrected chi connectivity index (χ4v) is 3.24. The number of carbonyl (C=O) groups is 1. The third-order valence-electron chi connectivity index (χ3n) is 3.32. The Balaban J connectivity index is 2.21. The lowest BCUT2D eigenvalue weighted by atomic mass is 9.98. The second kappa shape index (κ2) is 6.18. The molecular weight excluding hydrogens is 309 g/mol. The van der Waals surface area contributed by atoms with E-state index in [4.69, 9.17) is 9.84 Å². The maximum Gasteiger partial charge on any atom is 0.393 e. The molecule has 2 heterocycles. The second-order valence-corrected chi connectivity index (χ2v) is 5.81. The van der Waals surface area contributed by atoms with E-state index in [1.807, 2.05) is 0 Å². The van der Waals surface area contributed by atoms with Gasteiger partial charge >= 0.3 is 12.1 Å². The number of nitrogens with zero attached hydrogens (tertiary/aromatic N) is 2. The molecule has 0 bridgehead atoms. The summed E-state index contributed by atoms with van der Waals surface area (Å²) in [6, 6.07) is 0. The molecule has 1 fully saturated rings. The number of halogens is 3. The van der Waals surface area contributed by atoms with E-state index in [1.165, 1.54) is 12.0 Å². The molecule has 21 heavy (non-hydrogen) atoms. The van der Waals surface area contributed by atoms with Gasteiger partial charge in [-0.3, -0.25) is 0 Å². The summed E-state index contributed by atoms with van der Waals surface area (Å²) < 4.78 is 43.3. The Morgan fingerprint density at radius 2 is 2.29 bits per heavy atom. The molecule has 1 aliphatic rings. The van der Waals surface area contributed by atoms with Crippen molar-refractivity contribution in [1.29, 1.82) is 0 Å². The molecule has 118 valence electrons. The molecule has 9 heteroatoms. The van der Waals surface area contributed by atoms with E-state index in [0.717, 1.165) is 11.3 Å². The monoisotopic (exact) mass is 324 g/mol. The molecule has 1 atom stereocenters. The molecule has 0 aromatic carbocycles. The van der Waals surface area contributed by atoms with Crippen LogP contribution in [0.4, 0.5) is 18.3 Å². The number of piperidine rings is 1. The first-order valence-electron chi connectivity index (χ1n) is 6.36. The number of aromatic carboxylic acids is 1. The molecule has 1 saturated heterocycles. The Labute approximate surface area is 123 Å². The second-order valence-electron chi connectivity index (χ2n) is 4.84. The number of alkyl halides is 3. The molecule has 1 aromatic rings. The minimum atomic E-state index is -4.24. The predicted octanol–water partition coefficient (Wildman–Crippen LogP) is 2.77. The van der Waals surface area contributed by atoms with Crippen molar-refractivity contribution in [3.63, 3.8) is 0 Å². The molecule has 0 saturated carbocycles. The van der Waals surface area contributed by atoms with Gasteiger partial charge in [0, 0.05) is 20.2 Å². The third-order valence-corrected chi connectivity index (χ3v) is 4.46. The first kappa shape index (κ1) is 16.0. The zero-order valence-electron chi connectivity index (χ0n) is 11.3. The van der Waals surface area contributed by atoms with Gasteiger partial charge < -0.3 is 14.7 Å². The molecule has 2 rings (SSSR count). The van der Waals surface area contributed by atoms with Crippen LogP contribution in [0.15, 0.2) is 0 Å². The summed E-state index contributed by atoms with van der Waals surface area (Å²) in [6.45, 7) is 0.294. The van der Waals surface area contributed by atoms with E-state index >= 15 is 0 Å². The lowest BCUT2D eigenvalue weighted by molar-refractivity contribution is -0.175. The molecule has 0 spiro atoms. The smallest absolute Gasteiger partial charge is 0.393 e. The van der Waals surface area contributed by atoms with Crippen LogP contribution in [-0.2, 0) is 11.3 Å². The van der Waals surface area contributed by atoms with Gasteiger partial charge in [0.05, 0.1) is 18.2 Å². The highest BCUT2D eigenvalue weighted by Crippen LogP contribution is 2.36. The highest BCUT2D eigenvalue weighted by molar-refractivity contribution is 7.17. The van der Waals surface area contributed by atoms with Gasteiger partial charge in [0.25, 0.3) is 0 Å². The number of rotatable bonds is 4. The predicted molar refractivity (Wildman–Crippen MR) is 70.8 cm³/mol. The Kier molecular flexibility index (Phi) is 4.72. The number of hydrogen-bond donors (Lipinski definition) is 1. The molecule has 1 N–H and O–H groups in total. The number of thiazole rings is 1. The number of ether oxygens (including phenoxy) is 1. The lowest BCUT2D eigenvalue weighted by Gasteiger charge is -2.33. The van der Waals surface area contributed by atoms with Gasteiger partial charge in [0.1, 0.15) is 4.88 Å². The lowest BCUT2D eigenvalue weighted by Crippen LogP contribution is -2.41. The summed E-state index contributed by atoms with van der Waals surface area (Å²) in [4.78, 5) is 16.8. The standard InChI is InChI=1S/C12H15F3N2O3S/c1-20-6-8-9(10(18)19)21-11(16-8)17-4-2-3-7(5-17)12(13,14)15/h7H,2-6H2,1H3,(H,18,19). The Bertz CT molecular complexity index is 518. The third kappa shape index (κ3) is 3.65. The van der Waals surface area contributed by atoms with E-state index in [-0.39, 0.29) is 30.1 Å². The van der Waals surface area contributed by atoms with Crippen molar-refractivity contribution in [3.8, 4) is 0 Å². The quantitative estimate of drug-likeness (QED) is 0.923. The van der Waals surface area contributed by atoms with Crippen LogP contribution in [0, 0.1) is 5.92 Å². The van der Waals surface area contributed by atoms with Gasteiger partial charge in [-0.25, -0.2) is 9.78 Å². The van der Waals surface area contributed by atoms with Crippen LogP contribution in [0.2, 0.25) is 0 Å². The van der Waals surface area contributed by atoms with Crippen LogP contribution in [-0.4, -0.2) is 42.4 Å². The van der Waals surface area contributed by atoms with Crippen molar-refractivity contribution < 1.29 is 27.8 Å². The van der Waals surface area contributed by atoms with Crippen LogP contribution in [0.1, 0.15) is 28.2 Å². The summed E-state index contributed by atoms with van der Waals surface area (Å²) in [5.41, 5.74) is 0.249. The minimum Gasteiger partial charge on any atom is -0.477 e. The first-order chi connectivity index (χ1) is 9.82.